The summed E-state index contributed by atoms with van der Waals surface area (Å²) in [4.78, 5) is 17.2. The van der Waals surface area contributed by atoms with Gasteiger partial charge in [-0.25, -0.2) is 9.37 Å². The molecular weight excluding hydrogens is 345 g/mol. The van der Waals surface area contributed by atoms with Crippen molar-refractivity contribution in [3.63, 3.8) is 0 Å². The Balaban J connectivity index is 0.00000176. The maximum atomic E-state index is 13.1. The molecule has 1 fully saturated rings. The van der Waals surface area contributed by atoms with E-state index in [1.54, 1.807) is 24.0 Å². The molecule has 1 aliphatic heterocycles. The number of nitrogens with one attached hydrogen (secondary N) is 2. The number of hydrogen-bond acceptors (Lipinski definition) is 5. The highest BCUT2D eigenvalue weighted by atomic mass is 35.5. The van der Waals surface area contributed by atoms with Crippen LogP contribution in [0, 0.1) is 5.82 Å². The van der Waals surface area contributed by atoms with Crippen LogP contribution in [0.4, 0.5) is 9.52 Å². The van der Waals surface area contributed by atoms with Crippen molar-refractivity contribution in [2.24, 2.45) is 0 Å². The second-order valence-electron chi connectivity index (χ2n) is 4.70. The molecular formula is C14H15ClFN3OS2. The second-order valence-corrected chi connectivity index (χ2v) is 6.84. The molecule has 22 heavy (non-hydrogen) atoms. The van der Waals surface area contributed by atoms with Gasteiger partial charge >= 0.3 is 0 Å². The third-order valence-electron chi connectivity index (χ3n) is 3.08. The number of anilines is 1. The van der Waals surface area contributed by atoms with Crippen molar-refractivity contribution in [2.75, 3.05) is 16.9 Å². The Hall–Kier alpha value is -1.15. The van der Waals surface area contributed by atoms with Gasteiger partial charge < -0.3 is 5.32 Å². The molecule has 1 unspecified atom stereocenters. The van der Waals surface area contributed by atoms with Crippen LogP contribution in [0.3, 0.4) is 0 Å². The zero-order valence-electron chi connectivity index (χ0n) is 11.5. The van der Waals surface area contributed by atoms with E-state index in [9.17, 15) is 9.18 Å². The summed E-state index contributed by atoms with van der Waals surface area (Å²) >= 11 is 3.13. The van der Waals surface area contributed by atoms with E-state index in [1.807, 2.05) is 6.07 Å². The van der Waals surface area contributed by atoms with Gasteiger partial charge in [-0.2, -0.15) is 0 Å². The molecule has 2 N–H and O–H groups in total. The second kappa shape index (κ2) is 7.92. The van der Waals surface area contributed by atoms with Crippen LogP contribution >= 0.6 is 35.5 Å². The molecule has 0 saturated carbocycles. The number of nitrogens with zero attached hydrogens (tertiary/aromatic N) is 1. The van der Waals surface area contributed by atoms with Gasteiger partial charge in [0.1, 0.15) is 5.82 Å². The molecule has 1 aromatic heterocycles. The molecule has 1 amide bonds. The van der Waals surface area contributed by atoms with E-state index in [2.05, 4.69) is 15.6 Å². The number of aromatic nitrogens is 1. The summed E-state index contributed by atoms with van der Waals surface area (Å²) in [6.45, 7) is 0. The summed E-state index contributed by atoms with van der Waals surface area (Å²) in [6.07, 6.45) is 2.34. The molecule has 3 rings (SSSR count). The predicted octanol–water partition coefficient (Wildman–Crippen LogP) is 2.90. The minimum atomic E-state index is -0.240. The molecule has 0 bridgehead atoms. The van der Waals surface area contributed by atoms with E-state index in [0.29, 0.717) is 11.6 Å². The lowest BCUT2D eigenvalue weighted by atomic mass is 10.1. The standard InChI is InChI=1S/C14H14FN3OS2.ClH/c15-10-3-1-2-9(4-10)5-11-6-16-14(21-11)18-13(19)12-7-20-8-17-12;/h1-4,6,12,17H,5,7-8H2,(H,16,18,19);1H. The van der Waals surface area contributed by atoms with Gasteiger partial charge in [-0.3, -0.25) is 10.1 Å². The molecule has 1 aliphatic rings. The van der Waals surface area contributed by atoms with E-state index in [-0.39, 0.29) is 30.2 Å². The van der Waals surface area contributed by atoms with Crippen LogP contribution in [0.1, 0.15) is 10.4 Å². The van der Waals surface area contributed by atoms with E-state index in [4.69, 9.17) is 0 Å². The fraction of sp³-hybridized carbons (Fsp3) is 0.286. The Kier molecular flexibility index (Phi) is 6.19. The predicted molar refractivity (Wildman–Crippen MR) is 91.4 cm³/mol. The topological polar surface area (TPSA) is 54.0 Å². The third-order valence-corrected chi connectivity index (χ3v) is 4.94. The fourth-order valence-corrected chi connectivity index (χ4v) is 3.84. The molecule has 1 aromatic carbocycles. The number of rotatable bonds is 4. The zero-order chi connectivity index (χ0) is 14.7. The highest BCUT2D eigenvalue weighted by Gasteiger charge is 2.23. The number of amides is 1. The average Bonchev–Trinajstić information content (AvgIpc) is 3.10. The summed E-state index contributed by atoms with van der Waals surface area (Å²) in [5.41, 5.74) is 0.894. The van der Waals surface area contributed by atoms with Crippen molar-refractivity contribution in [1.29, 1.82) is 0 Å². The van der Waals surface area contributed by atoms with Gasteiger partial charge in [-0.05, 0) is 17.7 Å². The number of hydrogen-bond donors (Lipinski definition) is 2. The van der Waals surface area contributed by atoms with E-state index in [1.165, 1.54) is 23.5 Å². The summed E-state index contributed by atoms with van der Waals surface area (Å²) in [6, 6.07) is 6.36. The van der Waals surface area contributed by atoms with Crippen molar-refractivity contribution >= 4 is 46.5 Å². The minimum absolute atomic E-state index is 0. The maximum absolute atomic E-state index is 13.1. The molecule has 0 spiro atoms. The van der Waals surface area contributed by atoms with Gasteiger partial charge in [0.15, 0.2) is 5.13 Å². The minimum Gasteiger partial charge on any atom is -0.301 e. The smallest absolute Gasteiger partial charge is 0.244 e. The first-order chi connectivity index (χ1) is 10.2. The first kappa shape index (κ1) is 17.2. The number of thioether (sulfide) groups is 1. The first-order valence-corrected chi connectivity index (χ1v) is 8.49. The Morgan fingerprint density at radius 1 is 1.50 bits per heavy atom. The number of halogens is 2. The largest absolute Gasteiger partial charge is 0.301 e. The average molecular weight is 360 g/mol. The quantitative estimate of drug-likeness (QED) is 0.881. The number of benzene rings is 1. The third kappa shape index (κ3) is 4.42. The lowest BCUT2D eigenvalue weighted by Crippen LogP contribution is -2.37. The molecule has 0 radical (unpaired) electrons. The Morgan fingerprint density at radius 2 is 2.36 bits per heavy atom. The molecule has 8 heteroatoms. The molecule has 0 aliphatic carbocycles. The number of carbonyl (C=O) groups excluding carboxylic acids is 1. The van der Waals surface area contributed by atoms with E-state index in [0.717, 1.165) is 22.1 Å². The Labute approximate surface area is 142 Å². The van der Waals surface area contributed by atoms with Gasteiger partial charge in [-0.1, -0.05) is 12.1 Å². The normalized spacial score (nSPS) is 17.0. The van der Waals surface area contributed by atoms with Gasteiger partial charge in [0.2, 0.25) is 5.91 Å². The SMILES string of the molecule is Cl.O=C(Nc1ncc(Cc2cccc(F)c2)s1)C1CSCN1. The summed E-state index contributed by atoms with van der Waals surface area (Å²) in [7, 11) is 0. The summed E-state index contributed by atoms with van der Waals surface area (Å²) < 4.78 is 13.1. The first-order valence-electron chi connectivity index (χ1n) is 6.52. The van der Waals surface area contributed by atoms with Gasteiger partial charge in [-0.15, -0.1) is 35.5 Å². The fourth-order valence-electron chi connectivity index (χ4n) is 2.05. The van der Waals surface area contributed by atoms with Crippen LogP contribution in [0.15, 0.2) is 30.5 Å². The van der Waals surface area contributed by atoms with Crippen molar-refractivity contribution < 1.29 is 9.18 Å². The summed E-state index contributed by atoms with van der Waals surface area (Å²) in [5, 5.41) is 6.52. The summed E-state index contributed by atoms with van der Waals surface area (Å²) in [5.74, 6) is 1.30. The lowest BCUT2D eigenvalue weighted by Gasteiger charge is -2.07. The number of thiazole rings is 1. The van der Waals surface area contributed by atoms with E-state index < -0.39 is 0 Å². The monoisotopic (exact) mass is 359 g/mol. The van der Waals surface area contributed by atoms with Crippen LogP contribution in [-0.2, 0) is 11.2 Å². The van der Waals surface area contributed by atoms with Gasteiger partial charge in [0.25, 0.3) is 0 Å². The highest BCUT2D eigenvalue weighted by molar-refractivity contribution is 7.99. The number of carbonyl (C=O) groups is 1. The van der Waals surface area contributed by atoms with Crippen molar-refractivity contribution in [2.45, 2.75) is 12.5 Å². The molecule has 118 valence electrons. The highest BCUT2D eigenvalue weighted by Crippen LogP contribution is 2.22. The molecule has 2 heterocycles. The maximum Gasteiger partial charge on any atom is 0.244 e. The molecule has 1 saturated heterocycles. The Bertz CT molecular complexity index is 647. The van der Waals surface area contributed by atoms with Crippen LogP contribution in [0.2, 0.25) is 0 Å². The van der Waals surface area contributed by atoms with Crippen LogP contribution < -0.4 is 10.6 Å². The van der Waals surface area contributed by atoms with Crippen LogP contribution in [0.25, 0.3) is 0 Å². The van der Waals surface area contributed by atoms with Crippen molar-refractivity contribution in [3.05, 3.63) is 46.7 Å². The van der Waals surface area contributed by atoms with Crippen molar-refractivity contribution in [3.8, 4) is 0 Å². The molecule has 1 atom stereocenters. The Morgan fingerprint density at radius 3 is 3.09 bits per heavy atom. The van der Waals surface area contributed by atoms with E-state index >= 15 is 0 Å². The van der Waals surface area contributed by atoms with Crippen molar-refractivity contribution in [1.82, 2.24) is 10.3 Å². The van der Waals surface area contributed by atoms with Gasteiger partial charge in [0, 0.05) is 29.1 Å². The molecule has 4 nitrogen and oxygen atoms in total. The van der Waals surface area contributed by atoms with Crippen LogP contribution in [-0.4, -0.2) is 28.6 Å². The van der Waals surface area contributed by atoms with Crippen LogP contribution in [0.5, 0.6) is 0 Å². The molecule has 2 aromatic rings. The lowest BCUT2D eigenvalue weighted by molar-refractivity contribution is -0.117. The zero-order valence-corrected chi connectivity index (χ0v) is 14.0. The van der Waals surface area contributed by atoms with Gasteiger partial charge in [0.05, 0.1) is 6.04 Å².